The van der Waals surface area contributed by atoms with Crippen LogP contribution in [0.5, 0.6) is 0 Å². The van der Waals surface area contributed by atoms with Gasteiger partial charge in [0.05, 0.1) is 18.9 Å². The van der Waals surface area contributed by atoms with Gasteiger partial charge >= 0.3 is 6.18 Å². The molecule has 10 heteroatoms. The number of rotatable bonds is 8. The third-order valence-corrected chi connectivity index (χ3v) is 4.30. The molecule has 2 rings (SSSR count). The molecule has 0 unspecified atom stereocenters. The second-order valence-corrected chi connectivity index (χ2v) is 6.44. The standard InChI is InChI=1S/C16H19F3N4O2S/c1-11-4-3-5-12(8-11)14-21-22-15(23(14)6-7-25-2)26-9-13(24)20-10-16(17,18)19/h3-5,8H,6-7,9-10H2,1-2H3,(H,20,24). The van der Waals surface area contributed by atoms with Crippen molar-refractivity contribution in [3.63, 3.8) is 0 Å². The molecule has 26 heavy (non-hydrogen) atoms. The monoisotopic (exact) mass is 388 g/mol. The van der Waals surface area contributed by atoms with E-state index in [9.17, 15) is 18.0 Å². The SMILES string of the molecule is COCCn1c(SCC(=O)NCC(F)(F)F)nnc1-c1cccc(C)c1. The first-order valence-electron chi connectivity index (χ1n) is 7.75. The lowest BCUT2D eigenvalue weighted by Gasteiger charge is -2.11. The highest BCUT2D eigenvalue weighted by Crippen LogP contribution is 2.24. The van der Waals surface area contributed by atoms with Crippen LogP contribution >= 0.6 is 11.8 Å². The van der Waals surface area contributed by atoms with Crippen LogP contribution in [0.3, 0.4) is 0 Å². The molecule has 1 amide bonds. The Hall–Kier alpha value is -2.07. The fraction of sp³-hybridized carbons (Fsp3) is 0.438. The number of hydrogen-bond donors (Lipinski definition) is 1. The van der Waals surface area contributed by atoms with E-state index in [1.54, 1.807) is 11.7 Å². The number of carbonyl (C=O) groups excluding carboxylic acids is 1. The molecule has 0 spiro atoms. The molecule has 0 saturated carbocycles. The summed E-state index contributed by atoms with van der Waals surface area (Å²) >= 11 is 1.03. The summed E-state index contributed by atoms with van der Waals surface area (Å²) in [4.78, 5) is 11.6. The third-order valence-electron chi connectivity index (χ3n) is 3.33. The van der Waals surface area contributed by atoms with Crippen molar-refractivity contribution < 1.29 is 22.7 Å². The Labute approximate surface area is 153 Å². The van der Waals surface area contributed by atoms with Gasteiger partial charge in [-0.1, -0.05) is 35.5 Å². The van der Waals surface area contributed by atoms with E-state index in [0.29, 0.717) is 24.1 Å². The van der Waals surface area contributed by atoms with Gasteiger partial charge in [0.25, 0.3) is 0 Å². The molecule has 0 fully saturated rings. The van der Waals surface area contributed by atoms with Gasteiger partial charge < -0.3 is 10.1 Å². The molecule has 2 aromatic rings. The lowest BCUT2D eigenvalue weighted by molar-refractivity contribution is -0.136. The number of amides is 1. The van der Waals surface area contributed by atoms with E-state index in [2.05, 4.69) is 10.2 Å². The van der Waals surface area contributed by atoms with Crippen molar-refractivity contribution in [1.29, 1.82) is 0 Å². The summed E-state index contributed by atoms with van der Waals surface area (Å²) in [5.41, 5.74) is 1.92. The van der Waals surface area contributed by atoms with E-state index in [-0.39, 0.29) is 5.75 Å². The molecular weight excluding hydrogens is 369 g/mol. The Balaban J connectivity index is 2.12. The zero-order valence-corrected chi connectivity index (χ0v) is 15.2. The number of nitrogens with zero attached hydrogens (tertiary/aromatic N) is 3. The molecule has 0 radical (unpaired) electrons. The minimum absolute atomic E-state index is 0.186. The number of ether oxygens (including phenoxy) is 1. The lowest BCUT2D eigenvalue weighted by Crippen LogP contribution is -2.34. The normalized spacial score (nSPS) is 11.6. The van der Waals surface area contributed by atoms with Gasteiger partial charge in [-0.05, 0) is 13.0 Å². The minimum atomic E-state index is -4.43. The fourth-order valence-corrected chi connectivity index (χ4v) is 2.95. The van der Waals surface area contributed by atoms with E-state index >= 15 is 0 Å². The van der Waals surface area contributed by atoms with Crippen LogP contribution in [0, 0.1) is 6.92 Å². The number of nitrogens with one attached hydrogen (secondary N) is 1. The van der Waals surface area contributed by atoms with Gasteiger partial charge in [0.1, 0.15) is 6.54 Å². The number of carbonyl (C=O) groups is 1. The van der Waals surface area contributed by atoms with Crippen LogP contribution in [0.1, 0.15) is 5.56 Å². The fourth-order valence-electron chi connectivity index (χ4n) is 2.16. The lowest BCUT2D eigenvalue weighted by atomic mass is 10.1. The molecule has 1 heterocycles. The van der Waals surface area contributed by atoms with E-state index in [0.717, 1.165) is 22.9 Å². The van der Waals surface area contributed by atoms with E-state index in [1.165, 1.54) is 0 Å². The van der Waals surface area contributed by atoms with Gasteiger partial charge in [-0.3, -0.25) is 9.36 Å². The summed E-state index contributed by atoms with van der Waals surface area (Å²) in [5, 5.41) is 10.5. The first-order chi connectivity index (χ1) is 12.3. The highest BCUT2D eigenvalue weighted by Gasteiger charge is 2.27. The van der Waals surface area contributed by atoms with Crippen molar-refractivity contribution in [2.45, 2.75) is 24.8 Å². The van der Waals surface area contributed by atoms with Crippen molar-refractivity contribution in [1.82, 2.24) is 20.1 Å². The van der Waals surface area contributed by atoms with E-state index < -0.39 is 18.6 Å². The average molecular weight is 388 g/mol. The predicted octanol–water partition coefficient (Wildman–Crippen LogP) is 2.67. The molecule has 6 nitrogen and oxygen atoms in total. The van der Waals surface area contributed by atoms with Crippen LogP contribution in [0.2, 0.25) is 0 Å². The third kappa shape index (κ3) is 6.03. The number of aryl methyl sites for hydroxylation is 1. The Morgan fingerprint density at radius 3 is 2.77 bits per heavy atom. The zero-order valence-electron chi connectivity index (χ0n) is 14.3. The van der Waals surface area contributed by atoms with Gasteiger partial charge in [0, 0.05) is 12.7 Å². The first kappa shape index (κ1) is 20.2. The molecule has 1 aromatic heterocycles. The van der Waals surface area contributed by atoms with Gasteiger partial charge in [-0.15, -0.1) is 10.2 Å². The Morgan fingerprint density at radius 2 is 2.12 bits per heavy atom. The average Bonchev–Trinajstić information content (AvgIpc) is 2.98. The van der Waals surface area contributed by atoms with Gasteiger partial charge in [-0.25, -0.2) is 0 Å². The van der Waals surface area contributed by atoms with Crippen molar-refractivity contribution in [3.05, 3.63) is 29.8 Å². The van der Waals surface area contributed by atoms with Crippen LogP contribution < -0.4 is 5.32 Å². The van der Waals surface area contributed by atoms with Crippen molar-refractivity contribution in [2.24, 2.45) is 0 Å². The summed E-state index contributed by atoms with van der Waals surface area (Å²) in [7, 11) is 1.56. The van der Waals surface area contributed by atoms with Crippen LogP contribution in [0.15, 0.2) is 29.4 Å². The molecule has 0 saturated heterocycles. The number of thioether (sulfide) groups is 1. The van der Waals surface area contributed by atoms with Crippen molar-refractivity contribution >= 4 is 17.7 Å². The van der Waals surface area contributed by atoms with Crippen LogP contribution in [0.25, 0.3) is 11.4 Å². The second-order valence-electron chi connectivity index (χ2n) is 5.50. The Morgan fingerprint density at radius 1 is 1.35 bits per heavy atom. The van der Waals surface area contributed by atoms with Crippen molar-refractivity contribution in [2.75, 3.05) is 26.0 Å². The summed E-state index contributed by atoms with van der Waals surface area (Å²) < 4.78 is 43.3. The molecule has 142 valence electrons. The second kappa shape index (κ2) is 9.04. The van der Waals surface area contributed by atoms with Gasteiger partial charge in [-0.2, -0.15) is 13.2 Å². The number of hydrogen-bond acceptors (Lipinski definition) is 5. The molecule has 1 aromatic carbocycles. The van der Waals surface area contributed by atoms with Gasteiger partial charge in [0.15, 0.2) is 11.0 Å². The number of alkyl halides is 3. The zero-order chi connectivity index (χ0) is 19.2. The highest BCUT2D eigenvalue weighted by atomic mass is 32.2. The largest absolute Gasteiger partial charge is 0.405 e. The number of benzene rings is 1. The van der Waals surface area contributed by atoms with E-state index in [4.69, 9.17) is 4.74 Å². The maximum Gasteiger partial charge on any atom is 0.405 e. The topological polar surface area (TPSA) is 69.0 Å². The summed E-state index contributed by atoms with van der Waals surface area (Å²) in [6.07, 6.45) is -4.43. The number of aromatic nitrogens is 3. The minimum Gasteiger partial charge on any atom is -0.383 e. The van der Waals surface area contributed by atoms with Gasteiger partial charge in [0.2, 0.25) is 5.91 Å². The van der Waals surface area contributed by atoms with Crippen molar-refractivity contribution in [3.8, 4) is 11.4 Å². The Bertz CT molecular complexity index is 749. The molecule has 0 aliphatic rings. The maximum atomic E-state index is 12.1. The van der Waals surface area contributed by atoms with E-state index in [1.807, 2.05) is 36.5 Å². The summed E-state index contributed by atoms with van der Waals surface area (Å²) in [6.45, 7) is 1.47. The van der Waals surface area contributed by atoms with Crippen LogP contribution in [0.4, 0.5) is 13.2 Å². The molecule has 0 atom stereocenters. The summed E-state index contributed by atoms with van der Waals surface area (Å²) in [6, 6.07) is 7.71. The van der Waals surface area contributed by atoms with Crippen LogP contribution in [-0.4, -0.2) is 52.9 Å². The smallest absolute Gasteiger partial charge is 0.383 e. The molecule has 0 aliphatic heterocycles. The molecule has 0 aliphatic carbocycles. The molecule has 1 N–H and O–H groups in total. The maximum absolute atomic E-state index is 12.1. The Kier molecular flexibility index (Phi) is 7.04. The summed E-state index contributed by atoms with van der Waals surface area (Å²) in [5.74, 6) is -0.288. The van der Waals surface area contributed by atoms with Crippen LogP contribution in [-0.2, 0) is 16.1 Å². The number of methoxy groups -OCH3 is 1. The highest BCUT2D eigenvalue weighted by molar-refractivity contribution is 7.99. The molecular formula is C16H19F3N4O2S. The quantitative estimate of drug-likeness (QED) is 0.704. The molecule has 0 bridgehead atoms. The number of halogens is 3. The first-order valence-corrected chi connectivity index (χ1v) is 8.74. The predicted molar refractivity (Wildman–Crippen MR) is 91.9 cm³/mol.